The molecule has 6 nitrogen and oxygen atoms in total. The molecule has 2 aromatic rings. The summed E-state index contributed by atoms with van der Waals surface area (Å²) in [6.45, 7) is 8.36. The van der Waals surface area contributed by atoms with Crippen LogP contribution in [0.4, 0.5) is 0 Å². The molecule has 0 saturated heterocycles. The fourth-order valence-corrected chi connectivity index (χ4v) is 1.59. The number of aromatic hydroxyl groups is 2. The summed E-state index contributed by atoms with van der Waals surface area (Å²) in [4.78, 5) is 22.0. The minimum absolute atomic E-state index is 0.137. The summed E-state index contributed by atoms with van der Waals surface area (Å²) in [7, 11) is 1.31. The maximum atomic E-state index is 11.2. The van der Waals surface area contributed by atoms with E-state index in [1.54, 1.807) is 0 Å². The fourth-order valence-electron chi connectivity index (χ4n) is 1.59. The zero-order chi connectivity index (χ0) is 19.9. The zero-order valence-corrected chi connectivity index (χ0v) is 15.0. The molecule has 0 unspecified atom stereocenters. The molecule has 0 fully saturated rings. The first kappa shape index (κ1) is 22.7. The Morgan fingerprint density at radius 2 is 1.23 bits per heavy atom. The van der Waals surface area contributed by atoms with Crippen molar-refractivity contribution in [1.29, 1.82) is 0 Å². The smallest absolute Gasteiger partial charge is 0.338 e. The summed E-state index contributed by atoms with van der Waals surface area (Å²) in [6, 6.07) is 11.9. The number of rotatable bonds is 4. The van der Waals surface area contributed by atoms with E-state index in [1.165, 1.54) is 55.6 Å². The molecule has 0 aliphatic rings. The Labute approximate surface area is 153 Å². The van der Waals surface area contributed by atoms with Crippen LogP contribution in [0.15, 0.2) is 61.7 Å². The second kappa shape index (κ2) is 13.1. The average Bonchev–Trinajstić information content (AvgIpc) is 2.68. The van der Waals surface area contributed by atoms with Gasteiger partial charge in [0.1, 0.15) is 11.5 Å². The Bertz CT molecular complexity index is 662. The number of carbonyl (C=O) groups excluding carboxylic acids is 2. The summed E-state index contributed by atoms with van der Waals surface area (Å²) < 4.78 is 9.35. The van der Waals surface area contributed by atoms with Crippen LogP contribution < -0.4 is 0 Å². The van der Waals surface area contributed by atoms with E-state index in [2.05, 4.69) is 17.9 Å². The lowest BCUT2D eigenvalue weighted by Gasteiger charge is -2.02. The molecule has 140 valence electrons. The Hall–Kier alpha value is -3.28. The number of phenols is 2. The minimum atomic E-state index is -0.398. The van der Waals surface area contributed by atoms with Gasteiger partial charge in [-0.3, -0.25) is 0 Å². The molecule has 0 spiro atoms. The third kappa shape index (κ3) is 8.54. The zero-order valence-electron chi connectivity index (χ0n) is 15.0. The topological polar surface area (TPSA) is 93.1 Å². The third-order valence-electron chi connectivity index (χ3n) is 2.83. The van der Waals surface area contributed by atoms with Gasteiger partial charge in [0.05, 0.1) is 24.8 Å². The molecule has 2 aromatic carbocycles. The molecule has 0 aliphatic carbocycles. The van der Waals surface area contributed by atoms with E-state index in [1.807, 2.05) is 6.92 Å². The molecule has 0 aliphatic heterocycles. The lowest BCUT2D eigenvalue weighted by atomic mass is 10.2. The number of phenolic OH excluding ortho intramolecular Hbond substituents is 2. The van der Waals surface area contributed by atoms with Crippen LogP contribution in [-0.4, -0.2) is 35.9 Å². The Balaban J connectivity index is 0.000000444. The maximum Gasteiger partial charge on any atom is 0.338 e. The molecule has 0 radical (unpaired) electrons. The lowest BCUT2D eigenvalue weighted by Crippen LogP contribution is -2.05. The lowest BCUT2D eigenvalue weighted by molar-refractivity contribution is 0.0504. The highest BCUT2D eigenvalue weighted by atomic mass is 16.5. The van der Waals surface area contributed by atoms with Crippen molar-refractivity contribution in [2.45, 2.75) is 13.3 Å². The maximum absolute atomic E-state index is 11.2. The Morgan fingerprint density at radius 3 is 1.58 bits per heavy atom. The number of hydrogen-bond donors (Lipinski definition) is 2. The van der Waals surface area contributed by atoms with Gasteiger partial charge < -0.3 is 19.7 Å². The molecular weight excluding hydrogens is 336 g/mol. The number of esters is 2. The highest BCUT2D eigenvalue weighted by Gasteiger charge is 2.05. The van der Waals surface area contributed by atoms with Crippen LogP contribution in [0.1, 0.15) is 34.1 Å². The van der Waals surface area contributed by atoms with E-state index < -0.39 is 5.97 Å². The van der Waals surface area contributed by atoms with Crippen molar-refractivity contribution in [2.24, 2.45) is 0 Å². The first-order valence-corrected chi connectivity index (χ1v) is 7.81. The van der Waals surface area contributed by atoms with Gasteiger partial charge in [0.2, 0.25) is 0 Å². The van der Waals surface area contributed by atoms with Gasteiger partial charge in [-0.2, -0.15) is 0 Å². The van der Waals surface area contributed by atoms with Gasteiger partial charge in [-0.05, 0) is 55.0 Å². The molecule has 0 aromatic heterocycles. The second-order valence-corrected chi connectivity index (χ2v) is 4.72. The van der Waals surface area contributed by atoms with Crippen LogP contribution in [0.2, 0.25) is 0 Å². The molecular formula is C20H24O6. The van der Waals surface area contributed by atoms with Gasteiger partial charge in [-0.15, -0.1) is 13.2 Å². The van der Waals surface area contributed by atoms with Gasteiger partial charge in [0, 0.05) is 0 Å². The van der Waals surface area contributed by atoms with Gasteiger partial charge in [0.15, 0.2) is 0 Å². The second-order valence-electron chi connectivity index (χ2n) is 4.72. The largest absolute Gasteiger partial charge is 0.508 e. The van der Waals surface area contributed by atoms with Crippen molar-refractivity contribution in [1.82, 2.24) is 0 Å². The number of ether oxygens (including phenoxy) is 2. The van der Waals surface area contributed by atoms with Crippen LogP contribution in [0.25, 0.3) is 0 Å². The van der Waals surface area contributed by atoms with Crippen molar-refractivity contribution < 1.29 is 29.3 Å². The summed E-state index contributed by atoms with van der Waals surface area (Å²) in [5.41, 5.74) is 0.900. The van der Waals surface area contributed by atoms with E-state index in [-0.39, 0.29) is 17.5 Å². The molecule has 0 atom stereocenters. The average molecular weight is 360 g/mol. The monoisotopic (exact) mass is 360 g/mol. The molecule has 0 heterocycles. The van der Waals surface area contributed by atoms with Crippen LogP contribution in [0.5, 0.6) is 11.5 Å². The molecule has 26 heavy (non-hydrogen) atoms. The van der Waals surface area contributed by atoms with Crippen molar-refractivity contribution in [3.05, 3.63) is 72.8 Å². The Morgan fingerprint density at radius 1 is 0.846 bits per heavy atom. The number of benzene rings is 2. The van der Waals surface area contributed by atoms with Crippen LogP contribution in [-0.2, 0) is 9.47 Å². The van der Waals surface area contributed by atoms with Gasteiger partial charge in [0.25, 0.3) is 0 Å². The highest BCUT2D eigenvalue weighted by molar-refractivity contribution is 5.89. The van der Waals surface area contributed by atoms with Crippen LogP contribution in [0, 0.1) is 0 Å². The summed E-state index contributed by atoms with van der Waals surface area (Å²) in [5.74, 6) is -0.462. The van der Waals surface area contributed by atoms with E-state index in [9.17, 15) is 9.59 Å². The molecule has 2 N–H and O–H groups in total. The normalized spacial score (nSPS) is 8.85. The fraction of sp³-hybridized carbons (Fsp3) is 0.200. The van der Waals surface area contributed by atoms with E-state index in [4.69, 9.17) is 14.9 Å². The number of hydrogen-bond acceptors (Lipinski definition) is 6. The Kier molecular flexibility index (Phi) is 11.4. The summed E-state index contributed by atoms with van der Waals surface area (Å²) in [5, 5.41) is 17.8. The number of carbonyl (C=O) groups is 2. The van der Waals surface area contributed by atoms with Gasteiger partial charge in [-0.1, -0.05) is 6.92 Å². The standard InChI is InChI=1S/C10H12O3.C8H8O3.C2H4/c1-2-7-13-10(12)8-3-5-9(11)6-4-8;1-11-8(10)6-2-4-7(9)5-3-6;1-2/h3-6,11H,2,7H2,1H3;2-5,9H,1H3;1-2H2. The predicted molar refractivity (Wildman–Crippen MR) is 99.4 cm³/mol. The van der Waals surface area contributed by atoms with Crippen molar-refractivity contribution in [3.63, 3.8) is 0 Å². The number of methoxy groups -OCH3 is 1. The van der Waals surface area contributed by atoms with Crippen molar-refractivity contribution in [2.75, 3.05) is 13.7 Å². The minimum Gasteiger partial charge on any atom is -0.508 e. The van der Waals surface area contributed by atoms with Crippen LogP contribution >= 0.6 is 0 Å². The van der Waals surface area contributed by atoms with Crippen LogP contribution in [0.3, 0.4) is 0 Å². The third-order valence-corrected chi connectivity index (χ3v) is 2.83. The van der Waals surface area contributed by atoms with Crippen molar-refractivity contribution >= 4 is 11.9 Å². The highest BCUT2D eigenvalue weighted by Crippen LogP contribution is 2.11. The molecule has 6 heteroatoms. The SMILES string of the molecule is C=C.CCCOC(=O)c1ccc(O)cc1.COC(=O)c1ccc(O)cc1. The first-order chi connectivity index (χ1) is 12.5. The van der Waals surface area contributed by atoms with Gasteiger partial charge >= 0.3 is 11.9 Å². The van der Waals surface area contributed by atoms with E-state index >= 15 is 0 Å². The molecule has 0 saturated carbocycles. The summed E-state index contributed by atoms with van der Waals surface area (Å²) >= 11 is 0. The molecule has 0 amide bonds. The first-order valence-electron chi connectivity index (χ1n) is 7.81. The van der Waals surface area contributed by atoms with Crippen molar-refractivity contribution in [3.8, 4) is 11.5 Å². The summed E-state index contributed by atoms with van der Waals surface area (Å²) in [6.07, 6.45) is 0.809. The van der Waals surface area contributed by atoms with E-state index in [0.29, 0.717) is 17.7 Å². The predicted octanol–water partition coefficient (Wildman–Crippen LogP) is 3.94. The van der Waals surface area contributed by atoms with E-state index in [0.717, 1.165) is 6.42 Å². The molecule has 2 rings (SSSR count). The molecule has 0 bridgehead atoms. The van der Waals surface area contributed by atoms with Gasteiger partial charge in [-0.25, -0.2) is 9.59 Å². The quantitative estimate of drug-likeness (QED) is 0.634.